The molecule has 1 unspecified atom stereocenters. The molecule has 0 aromatic carbocycles. The number of hydrogen-bond donors (Lipinski definition) is 3. The molecule has 0 fully saturated rings. The average Bonchev–Trinajstić information content (AvgIpc) is 2.80. The number of H-pyrrole nitrogens is 1. The Balaban J connectivity index is 2.37. The highest BCUT2D eigenvalue weighted by molar-refractivity contribution is 5.43. The zero-order valence-corrected chi connectivity index (χ0v) is 9.01. The summed E-state index contributed by atoms with van der Waals surface area (Å²) in [5, 5.41) is 9.97. The summed E-state index contributed by atoms with van der Waals surface area (Å²) in [6, 6.07) is 3.69. The van der Waals surface area contributed by atoms with Gasteiger partial charge in [-0.05, 0) is 12.6 Å². The molecule has 16 heavy (non-hydrogen) atoms. The van der Waals surface area contributed by atoms with Crippen molar-refractivity contribution in [2.75, 3.05) is 12.3 Å². The van der Waals surface area contributed by atoms with Gasteiger partial charge >= 0.3 is 0 Å². The molecular formula is C10H14N6. The van der Waals surface area contributed by atoms with E-state index in [-0.39, 0.29) is 6.04 Å². The van der Waals surface area contributed by atoms with E-state index in [1.807, 2.05) is 19.1 Å². The van der Waals surface area contributed by atoms with Crippen molar-refractivity contribution >= 4 is 5.82 Å². The highest BCUT2D eigenvalue weighted by Crippen LogP contribution is 2.21. The van der Waals surface area contributed by atoms with Crippen molar-refractivity contribution < 1.29 is 0 Å². The molecule has 0 radical (unpaired) electrons. The van der Waals surface area contributed by atoms with Crippen LogP contribution in [0, 0.1) is 0 Å². The fourth-order valence-corrected chi connectivity index (χ4v) is 1.59. The van der Waals surface area contributed by atoms with Crippen LogP contribution in [0.15, 0.2) is 24.7 Å². The Hall–Kier alpha value is -1.95. The number of nitrogens with one attached hydrogen (secondary N) is 2. The molecule has 0 amide bonds. The lowest BCUT2D eigenvalue weighted by atomic mass is 10.1. The number of pyridine rings is 1. The third-order valence-corrected chi connectivity index (χ3v) is 2.30. The fourth-order valence-electron chi connectivity index (χ4n) is 1.59. The average molecular weight is 218 g/mol. The highest BCUT2D eigenvalue weighted by Gasteiger charge is 2.18. The number of hydrogen-bond acceptors (Lipinski definition) is 5. The summed E-state index contributed by atoms with van der Waals surface area (Å²) in [5.74, 6) is 1.24. The minimum Gasteiger partial charge on any atom is -0.383 e. The van der Waals surface area contributed by atoms with Crippen LogP contribution >= 0.6 is 0 Å². The summed E-state index contributed by atoms with van der Waals surface area (Å²) in [4.78, 5) is 8.21. The van der Waals surface area contributed by atoms with Crippen molar-refractivity contribution in [3.05, 3.63) is 36.0 Å². The van der Waals surface area contributed by atoms with E-state index in [4.69, 9.17) is 5.73 Å². The first-order valence-electron chi connectivity index (χ1n) is 5.12. The first-order valence-corrected chi connectivity index (χ1v) is 5.12. The van der Waals surface area contributed by atoms with Crippen LogP contribution in [0.2, 0.25) is 0 Å². The molecule has 1 atom stereocenters. The van der Waals surface area contributed by atoms with Crippen molar-refractivity contribution in [1.82, 2.24) is 25.5 Å². The molecule has 0 bridgehead atoms. The van der Waals surface area contributed by atoms with Crippen LogP contribution in [0.25, 0.3) is 0 Å². The number of nitrogens with two attached hydrogens (primary N) is 1. The second kappa shape index (κ2) is 4.71. The Kier molecular flexibility index (Phi) is 3.11. The van der Waals surface area contributed by atoms with E-state index < -0.39 is 0 Å². The summed E-state index contributed by atoms with van der Waals surface area (Å²) in [7, 11) is 0. The van der Waals surface area contributed by atoms with Crippen LogP contribution in [0.5, 0.6) is 0 Å². The Morgan fingerprint density at radius 2 is 2.38 bits per heavy atom. The number of nitrogens with zero attached hydrogens (tertiary/aromatic N) is 3. The molecule has 2 aromatic heterocycles. The molecule has 0 aliphatic rings. The molecule has 6 nitrogen and oxygen atoms in total. The van der Waals surface area contributed by atoms with Crippen LogP contribution < -0.4 is 11.1 Å². The number of rotatable bonds is 4. The maximum absolute atomic E-state index is 5.84. The predicted octanol–water partition coefficient (Wildman–Crippen LogP) is 0.481. The Morgan fingerprint density at radius 1 is 1.50 bits per heavy atom. The van der Waals surface area contributed by atoms with Gasteiger partial charge < -0.3 is 11.1 Å². The summed E-state index contributed by atoms with van der Waals surface area (Å²) in [6.45, 7) is 2.83. The maximum Gasteiger partial charge on any atom is 0.146 e. The minimum absolute atomic E-state index is 0.0961. The first kappa shape index (κ1) is 10.6. The molecule has 0 aliphatic heterocycles. The van der Waals surface area contributed by atoms with E-state index >= 15 is 0 Å². The van der Waals surface area contributed by atoms with Crippen molar-refractivity contribution in [2.24, 2.45) is 0 Å². The largest absolute Gasteiger partial charge is 0.383 e. The van der Waals surface area contributed by atoms with Crippen molar-refractivity contribution in [3.63, 3.8) is 0 Å². The fraction of sp³-hybridized carbons (Fsp3) is 0.300. The Labute approximate surface area is 93.3 Å². The SMILES string of the molecule is CCNC(c1ncn[nH]1)c1cccnc1N. The van der Waals surface area contributed by atoms with Crippen molar-refractivity contribution in [1.29, 1.82) is 0 Å². The van der Waals surface area contributed by atoms with Gasteiger partial charge in [0, 0.05) is 11.8 Å². The van der Waals surface area contributed by atoms with Crippen molar-refractivity contribution in [2.45, 2.75) is 13.0 Å². The normalized spacial score (nSPS) is 12.6. The molecule has 0 spiro atoms. The number of nitrogen functional groups attached to an aromatic ring is 1. The molecule has 0 saturated heterocycles. The molecular weight excluding hydrogens is 204 g/mol. The Morgan fingerprint density at radius 3 is 3.00 bits per heavy atom. The summed E-state index contributed by atoms with van der Waals surface area (Å²) >= 11 is 0. The van der Waals surface area contributed by atoms with Crippen LogP contribution in [-0.2, 0) is 0 Å². The molecule has 2 aromatic rings. The first-order chi connectivity index (χ1) is 7.83. The van der Waals surface area contributed by atoms with E-state index in [0.29, 0.717) is 5.82 Å². The van der Waals surface area contributed by atoms with Crippen LogP contribution in [-0.4, -0.2) is 26.7 Å². The smallest absolute Gasteiger partial charge is 0.146 e. The Bertz CT molecular complexity index is 438. The minimum atomic E-state index is -0.0961. The number of aromatic nitrogens is 4. The molecule has 4 N–H and O–H groups in total. The third kappa shape index (κ3) is 2.01. The van der Waals surface area contributed by atoms with E-state index in [9.17, 15) is 0 Å². The lowest BCUT2D eigenvalue weighted by Gasteiger charge is -2.16. The zero-order chi connectivity index (χ0) is 11.4. The van der Waals surface area contributed by atoms with E-state index in [0.717, 1.165) is 17.9 Å². The van der Waals surface area contributed by atoms with Crippen LogP contribution in [0.4, 0.5) is 5.82 Å². The third-order valence-electron chi connectivity index (χ3n) is 2.30. The lowest BCUT2D eigenvalue weighted by Crippen LogP contribution is -2.24. The second-order valence-corrected chi connectivity index (χ2v) is 3.34. The second-order valence-electron chi connectivity index (χ2n) is 3.34. The van der Waals surface area contributed by atoms with Gasteiger partial charge in [0.15, 0.2) is 0 Å². The lowest BCUT2D eigenvalue weighted by molar-refractivity contribution is 0.600. The summed E-state index contributed by atoms with van der Waals surface area (Å²) in [6.07, 6.45) is 3.15. The zero-order valence-electron chi connectivity index (χ0n) is 9.01. The molecule has 0 aliphatic carbocycles. The van der Waals surface area contributed by atoms with E-state index in [2.05, 4.69) is 25.5 Å². The van der Waals surface area contributed by atoms with Gasteiger partial charge in [-0.2, -0.15) is 5.10 Å². The van der Waals surface area contributed by atoms with E-state index in [1.165, 1.54) is 6.33 Å². The molecule has 0 saturated carbocycles. The monoisotopic (exact) mass is 218 g/mol. The quantitative estimate of drug-likeness (QED) is 0.694. The molecule has 6 heteroatoms. The highest BCUT2D eigenvalue weighted by atomic mass is 15.2. The number of anilines is 1. The van der Waals surface area contributed by atoms with Gasteiger partial charge in [0.2, 0.25) is 0 Å². The van der Waals surface area contributed by atoms with Crippen LogP contribution in [0.1, 0.15) is 24.4 Å². The van der Waals surface area contributed by atoms with Gasteiger partial charge in [-0.25, -0.2) is 9.97 Å². The van der Waals surface area contributed by atoms with Gasteiger partial charge in [-0.1, -0.05) is 13.0 Å². The van der Waals surface area contributed by atoms with Gasteiger partial charge in [0.05, 0.1) is 6.04 Å². The van der Waals surface area contributed by atoms with E-state index in [1.54, 1.807) is 6.20 Å². The van der Waals surface area contributed by atoms with Gasteiger partial charge in [-0.3, -0.25) is 5.10 Å². The van der Waals surface area contributed by atoms with Gasteiger partial charge in [0.25, 0.3) is 0 Å². The van der Waals surface area contributed by atoms with Gasteiger partial charge in [-0.15, -0.1) is 0 Å². The van der Waals surface area contributed by atoms with Crippen molar-refractivity contribution in [3.8, 4) is 0 Å². The molecule has 2 rings (SSSR count). The molecule has 84 valence electrons. The van der Waals surface area contributed by atoms with Crippen LogP contribution in [0.3, 0.4) is 0 Å². The molecule has 2 heterocycles. The number of aromatic amines is 1. The van der Waals surface area contributed by atoms with Gasteiger partial charge in [0.1, 0.15) is 18.0 Å². The standard InChI is InChI=1S/C10H14N6/c1-2-12-8(10-14-6-15-16-10)7-4-3-5-13-9(7)11/h3-6,8,12H,2H2,1H3,(H2,11,13)(H,14,15,16). The maximum atomic E-state index is 5.84. The summed E-state index contributed by atoms with van der Waals surface area (Å²) in [5.41, 5.74) is 6.75. The summed E-state index contributed by atoms with van der Waals surface area (Å²) < 4.78 is 0. The predicted molar refractivity (Wildman–Crippen MR) is 60.6 cm³/mol. The topological polar surface area (TPSA) is 92.5 Å².